The zero-order chi connectivity index (χ0) is 19.1. The van der Waals surface area contributed by atoms with Crippen LogP contribution in [0.25, 0.3) is 0 Å². The Morgan fingerprint density at radius 3 is 2.52 bits per heavy atom. The van der Waals surface area contributed by atoms with Crippen LogP contribution >= 0.6 is 11.6 Å². The average molecular weight is 379 g/mol. The summed E-state index contributed by atoms with van der Waals surface area (Å²) in [6.07, 6.45) is 4.78. The summed E-state index contributed by atoms with van der Waals surface area (Å²) in [5.74, 6) is -0.747. The molecule has 6 nitrogen and oxygen atoms in total. The van der Waals surface area contributed by atoms with Crippen LogP contribution in [0.2, 0.25) is 5.02 Å². The maximum Gasteiger partial charge on any atom is 0.271 e. The lowest BCUT2D eigenvalue weighted by molar-refractivity contribution is 0.0953. The predicted molar refractivity (Wildman–Crippen MR) is 105 cm³/mol. The summed E-state index contributed by atoms with van der Waals surface area (Å²) in [6.45, 7) is 0. The van der Waals surface area contributed by atoms with Gasteiger partial charge in [-0.3, -0.25) is 14.6 Å². The summed E-state index contributed by atoms with van der Waals surface area (Å²) in [5.41, 5.74) is 4.45. The number of hydrogen-bond donors (Lipinski definition) is 2. The van der Waals surface area contributed by atoms with Gasteiger partial charge in [-0.05, 0) is 48.0 Å². The van der Waals surface area contributed by atoms with E-state index in [9.17, 15) is 9.59 Å². The van der Waals surface area contributed by atoms with Crippen LogP contribution in [0.1, 0.15) is 26.3 Å². The summed E-state index contributed by atoms with van der Waals surface area (Å²) in [7, 11) is 0. The second-order valence-corrected chi connectivity index (χ2v) is 5.90. The number of nitrogens with one attached hydrogen (secondary N) is 2. The van der Waals surface area contributed by atoms with Crippen LogP contribution in [0, 0.1) is 0 Å². The summed E-state index contributed by atoms with van der Waals surface area (Å²) in [5, 5.41) is 6.99. The van der Waals surface area contributed by atoms with Crippen molar-refractivity contribution < 1.29 is 9.59 Å². The molecule has 2 amide bonds. The fourth-order valence-corrected chi connectivity index (χ4v) is 2.48. The van der Waals surface area contributed by atoms with Crippen LogP contribution in [-0.4, -0.2) is 23.0 Å². The normalized spacial score (nSPS) is 10.6. The summed E-state index contributed by atoms with van der Waals surface area (Å²) >= 11 is 6.03. The Kier molecular flexibility index (Phi) is 5.91. The molecular weight excluding hydrogens is 364 g/mol. The number of hydrazone groups is 1. The van der Waals surface area contributed by atoms with Crippen LogP contribution in [-0.2, 0) is 0 Å². The molecule has 0 unspecified atom stereocenters. The summed E-state index contributed by atoms with van der Waals surface area (Å²) in [6, 6.07) is 16.8. The van der Waals surface area contributed by atoms with Crippen LogP contribution < -0.4 is 10.7 Å². The van der Waals surface area contributed by atoms with Crippen molar-refractivity contribution in [3.8, 4) is 0 Å². The molecular formula is C20H15ClN4O2. The molecule has 1 heterocycles. The van der Waals surface area contributed by atoms with Crippen LogP contribution in [0.4, 0.5) is 5.69 Å². The lowest BCUT2D eigenvalue weighted by Crippen LogP contribution is -2.18. The minimum absolute atomic E-state index is 0.353. The topological polar surface area (TPSA) is 83.4 Å². The fraction of sp³-hybridized carbons (Fsp3) is 0. The molecule has 0 atom stereocenters. The molecule has 27 heavy (non-hydrogen) atoms. The van der Waals surface area contributed by atoms with E-state index < -0.39 is 5.91 Å². The van der Waals surface area contributed by atoms with Crippen LogP contribution in [0.5, 0.6) is 0 Å². The van der Waals surface area contributed by atoms with Gasteiger partial charge in [-0.25, -0.2) is 5.43 Å². The van der Waals surface area contributed by atoms with Crippen molar-refractivity contribution in [3.05, 3.63) is 94.8 Å². The standard InChI is InChI=1S/C20H15ClN4O2/c21-18-7-2-1-6-17(18)20(27)24-16-5-3-4-15(12-16)19(26)25-23-13-14-8-10-22-11-9-14/h1-13H,(H,24,27)(H,25,26)/b23-13-. The molecule has 0 saturated carbocycles. The first-order valence-electron chi connectivity index (χ1n) is 8.03. The van der Waals surface area contributed by atoms with Crippen molar-refractivity contribution >= 4 is 35.3 Å². The third-order valence-electron chi connectivity index (χ3n) is 3.59. The molecule has 3 aromatic rings. The highest BCUT2D eigenvalue weighted by Gasteiger charge is 2.11. The molecule has 0 aliphatic rings. The van der Waals surface area contributed by atoms with Gasteiger partial charge < -0.3 is 5.32 Å². The van der Waals surface area contributed by atoms with E-state index in [2.05, 4.69) is 20.8 Å². The van der Waals surface area contributed by atoms with E-state index in [1.807, 2.05) is 0 Å². The smallest absolute Gasteiger partial charge is 0.271 e. The number of amides is 2. The first kappa shape index (κ1) is 18.3. The highest BCUT2D eigenvalue weighted by atomic mass is 35.5. The first-order valence-corrected chi connectivity index (χ1v) is 8.40. The molecule has 0 aliphatic heterocycles. The maximum atomic E-state index is 12.3. The molecule has 134 valence electrons. The Labute approximate surface area is 160 Å². The van der Waals surface area contributed by atoms with Crippen LogP contribution in [0.3, 0.4) is 0 Å². The number of benzene rings is 2. The Bertz CT molecular complexity index is 990. The van der Waals surface area contributed by atoms with Gasteiger partial charge in [0.25, 0.3) is 11.8 Å². The Hall–Kier alpha value is -3.51. The zero-order valence-corrected chi connectivity index (χ0v) is 14.9. The van der Waals surface area contributed by atoms with E-state index in [0.29, 0.717) is 21.8 Å². The number of carbonyl (C=O) groups excluding carboxylic acids is 2. The fourth-order valence-electron chi connectivity index (χ4n) is 2.26. The maximum absolute atomic E-state index is 12.3. The lowest BCUT2D eigenvalue weighted by Gasteiger charge is -2.08. The third kappa shape index (κ3) is 4.99. The van der Waals surface area contributed by atoms with Crippen molar-refractivity contribution in [2.75, 3.05) is 5.32 Å². The van der Waals surface area contributed by atoms with E-state index in [1.54, 1.807) is 73.1 Å². The third-order valence-corrected chi connectivity index (χ3v) is 3.92. The molecule has 0 saturated heterocycles. The molecule has 2 N–H and O–H groups in total. The van der Waals surface area contributed by atoms with E-state index in [0.717, 1.165) is 5.56 Å². The number of pyridine rings is 1. The Morgan fingerprint density at radius 1 is 0.963 bits per heavy atom. The second kappa shape index (κ2) is 8.73. The molecule has 0 spiro atoms. The van der Waals surface area contributed by atoms with Gasteiger partial charge in [0.2, 0.25) is 0 Å². The molecule has 1 aromatic heterocycles. The van der Waals surface area contributed by atoms with Gasteiger partial charge in [-0.15, -0.1) is 0 Å². The number of aromatic nitrogens is 1. The van der Waals surface area contributed by atoms with Gasteiger partial charge in [0.1, 0.15) is 0 Å². The predicted octanol–water partition coefficient (Wildman–Crippen LogP) is 3.75. The molecule has 0 radical (unpaired) electrons. The largest absolute Gasteiger partial charge is 0.322 e. The van der Waals surface area contributed by atoms with Gasteiger partial charge in [0.15, 0.2) is 0 Å². The van der Waals surface area contributed by atoms with Crippen molar-refractivity contribution in [3.63, 3.8) is 0 Å². The monoisotopic (exact) mass is 378 g/mol. The van der Waals surface area contributed by atoms with E-state index in [1.165, 1.54) is 6.21 Å². The summed E-state index contributed by atoms with van der Waals surface area (Å²) in [4.78, 5) is 28.5. The van der Waals surface area contributed by atoms with Gasteiger partial charge in [0, 0.05) is 23.6 Å². The molecule has 0 aliphatic carbocycles. The minimum Gasteiger partial charge on any atom is -0.322 e. The molecule has 0 fully saturated rings. The first-order chi connectivity index (χ1) is 13.1. The van der Waals surface area contributed by atoms with Gasteiger partial charge >= 0.3 is 0 Å². The number of anilines is 1. The van der Waals surface area contributed by atoms with Gasteiger partial charge in [0.05, 0.1) is 16.8 Å². The van der Waals surface area contributed by atoms with Crippen molar-refractivity contribution in [1.82, 2.24) is 10.4 Å². The molecule has 2 aromatic carbocycles. The second-order valence-electron chi connectivity index (χ2n) is 5.49. The Balaban J connectivity index is 1.66. The quantitative estimate of drug-likeness (QED) is 0.524. The van der Waals surface area contributed by atoms with Gasteiger partial charge in [-0.2, -0.15) is 5.10 Å². The zero-order valence-electron chi connectivity index (χ0n) is 14.1. The van der Waals surface area contributed by atoms with Crippen LogP contribution in [0.15, 0.2) is 78.2 Å². The number of rotatable bonds is 5. The SMILES string of the molecule is O=C(N/N=C\c1ccncc1)c1cccc(NC(=O)c2ccccc2Cl)c1. The van der Waals surface area contributed by atoms with Crippen molar-refractivity contribution in [2.24, 2.45) is 5.10 Å². The van der Waals surface area contributed by atoms with E-state index in [-0.39, 0.29) is 5.91 Å². The van der Waals surface area contributed by atoms with Crippen molar-refractivity contribution in [2.45, 2.75) is 0 Å². The average Bonchev–Trinajstić information content (AvgIpc) is 2.69. The highest BCUT2D eigenvalue weighted by Crippen LogP contribution is 2.18. The van der Waals surface area contributed by atoms with E-state index >= 15 is 0 Å². The number of hydrogen-bond acceptors (Lipinski definition) is 4. The van der Waals surface area contributed by atoms with E-state index in [4.69, 9.17) is 11.6 Å². The highest BCUT2D eigenvalue weighted by molar-refractivity contribution is 6.34. The number of nitrogens with zero attached hydrogens (tertiary/aromatic N) is 2. The minimum atomic E-state index is -0.394. The number of halogens is 1. The van der Waals surface area contributed by atoms with Gasteiger partial charge in [-0.1, -0.05) is 29.8 Å². The Morgan fingerprint density at radius 2 is 1.74 bits per heavy atom. The number of carbonyl (C=O) groups is 2. The lowest BCUT2D eigenvalue weighted by atomic mass is 10.1. The van der Waals surface area contributed by atoms with Crippen molar-refractivity contribution in [1.29, 1.82) is 0 Å². The summed E-state index contributed by atoms with van der Waals surface area (Å²) < 4.78 is 0. The molecule has 0 bridgehead atoms. The molecule has 3 rings (SSSR count). The molecule has 7 heteroatoms.